The molecule has 0 radical (unpaired) electrons. The summed E-state index contributed by atoms with van der Waals surface area (Å²) >= 11 is 8.94. The molecule has 0 aliphatic carbocycles. The predicted molar refractivity (Wildman–Crippen MR) is 98.1 cm³/mol. The highest BCUT2D eigenvalue weighted by atomic mass is 127. The van der Waals surface area contributed by atoms with E-state index in [4.69, 9.17) is 5.73 Å². The number of benzene rings is 2. The lowest BCUT2D eigenvalue weighted by molar-refractivity contribution is 0.102. The second-order valence-corrected chi connectivity index (χ2v) is 7.28. The summed E-state index contributed by atoms with van der Waals surface area (Å²) in [6.07, 6.45) is 0. The first kappa shape index (κ1) is 15.8. The van der Waals surface area contributed by atoms with Gasteiger partial charge in [0.15, 0.2) is 0 Å². The fourth-order valence-electron chi connectivity index (χ4n) is 1.79. The Bertz CT molecular complexity index is 666. The molecule has 0 saturated heterocycles. The van der Waals surface area contributed by atoms with Crippen molar-refractivity contribution in [2.45, 2.75) is 6.92 Å². The monoisotopic (exact) mass is 508 g/mol. The van der Waals surface area contributed by atoms with Gasteiger partial charge in [-0.15, -0.1) is 0 Å². The van der Waals surface area contributed by atoms with Gasteiger partial charge in [-0.25, -0.2) is 0 Å². The number of nitrogens with two attached hydrogens (primary N) is 1. The lowest BCUT2D eigenvalue weighted by Gasteiger charge is -2.13. The summed E-state index contributed by atoms with van der Waals surface area (Å²) in [5, 5.41) is 2.87. The molecular formula is C14H11Br2IN2O. The zero-order valence-electron chi connectivity index (χ0n) is 10.5. The molecule has 6 heteroatoms. The molecule has 104 valence electrons. The number of nitrogen functional groups attached to an aromatic ring is 1. The molecule has 0 unspecified atom stereocenters. The Morgan fingerprint density at radius 3 is 2.60 bits per heavy atom. The van der Waals surface area contributed by atoms with Crippen molar-refractivity contribution in [3.05, 3.63) is 54.0 Å². The van der Waals surface area contributed by atoms with Crippen LogP contribution in [-0.4, -0.2) is 5.91 Å². The minimum absolute atomic E-state index is 0.187. The Hall–Kier alpha value is -0.600. The van der Waals surface area contributed by atoms with Crippen LogP contribution in [0.25, 0.3) is 0 Å². The van der Waals surface area contributed by atoms with Crippen molar-refractivity contribution in [3.8, 4) is 0 Å². The molecule has 3 nitrogen and oxygen atoms in total. The molecule has 0 fully saturated rings. The smallest absolute Gasteiger partial charge is 0.256 e. The average molecular weight is 510 g/mol. The van der Waals surface area contributed by atoms with E-state index < -0.39 is 0 Å². The molecule has 0 heterocycles. The van der Waals surface area contributed by atoms with Crippen molar-refractivity contribution in [2.24, 2.45) is 0 Å². The Morgan fingerprint density at radius 1 is 1.25 bits per heavy atom. The van der Waals surface area contributed by atoms with E-state index in [2.05, 4.69) is 59.8 Å². The van der Waals surface area contributed by atoms with Gasteiger partial charge in [-0.2, -0.15) is 0 Å². The van der Waals surface area contributed by atoms with Crippen molar-refractivity contribution in [3.63, 3.8) is 0 Å². The molecule has 2 aromatic rings. The van der Waals surface area contributed by atoms with Crippen LogP contribution in [0, 0.1) is 10.5 Å². The number of hydrogen-bond donors (Lipinski definition) is 2. The summed E-state index contributed by atoms with van der Waals surface area (Å²) in [7, 11) is 0. The Labute approximate surface area is 147 Å². The molecular weight excluding hydrogens is 499 g/mol. The predicted octanol–water partition coefficient (Wildman–Crippen LogP) is 4.96. The van der Waals surface area contributed by atoms with Crippen LogP contribution in [0.1, 0.15) is 15.9 Å². The van der Waals surface area contributed by atoms with Crippen LogP contribution in [0.4, 0.5) is 11.4 Å². The molecule has 1 amide bonds. The van der Waals surface area contributed by atoms with Gasteiger partial charge in [0.2, 0.25) is 0 Å². The van der Waals surface area contributed by atoms with Gasteiger partial charge in [-0.1, -0.05) is 15.9 Å². The van der Waals surface area contributed by atoms with Gasteiger partial charge in [0, 0.05) is 12.5 Å². The number of anilines is 2. The molecule has 2 rings (SSSR count). The maximum Gasteiger partial charge on any atom is 0.256 e. The maximum absolute atomic E-state index is 12.4. The molecule has 0 aliphatic rings. The third-order valence-electron chi connectivity index (χ3n) is 2.74. The van der Waals surface area contributed by atoms with Crippen molar-refractivity contribution in [1.82, 2.24) is 0 Å². The first-order valence-corrected chi connectivity index (χ1v) is 8.37. The number of amides is 1. The van der Waals surface area contributed by atoms with Crippen LogP contribution in [-0.2, 0) is 0 Å². The van der Waals surface area contributed by atoms with Crippen molar-refractivity contribution < 1.29 is 4.79 Å². The van der Waals surface area contributed by atoms with E-state index in [1.807, 2.05) is 31.2 Å². The Kier molecular flexibility index (Phi) is 5.09. The highest BCUT2D eigenvalue weighted by Gasteiger charge is 2.14. The Balaban J connectivity index is 2.35. The van der Waals surface area contributed by atoms with Crippen LogP contribution in [0.5, 0.6) is 0 Å². The SMILES string of the molecule is Cc1cc(Br)cc(N)c1NC(=O)c1cc(I)ccc1Br. The average Bonchev–Trinajstić information content (AvgIpc) is 2.36. The van der Waals surface area contributed by atoms with Gasteiger partial charge in [-0.05, 0) is 81.3 Å². The maximum atomic E-state index is 12.4. The number of rotatable bonds is 2. The molecule has 0 spiro atoms. The molecule has 0 aliphatic heterocycles. The fourth-order valence-corrected chi connectivity index (χ4v) is 3.30. The first-order chi connectivity index (χ1) is 9.38. The quantitative estimate of drug-likeness (QED) is 0.444. The summed E-state index contributed by atoms with van der Waals surface area (Å²) in [4.78, 5) is 12.4. The zero-order valence-corrected chi connectivity index (χ0v) is 15.8. The summed E-state index contributed by atoms with van der Waals surface area (Å²) in [6.45, 7) is 1.90. The lowest BCUT2D eigenvalue weighted by Crippen LogP contribution is -2.15. The molecule has 2 aromatic carbocycles. The number of halogens is 3. The minimum Gasteiger partial charge on any atom is -0.397 e. The number of hydrogen-bond acceptors (Lipinski definition) is 2. The number of carbonyl (C=O) groups excluding carboxylic acids is 1. The van der Waals surface area contributed by atoms with Gasteiger partial charge in [-0.3, -0.25) is 4.79 Å². The summed E-state index contributed by atoms with van der Waals surface area (Å²) in [6, 6.07) is 9.29. The highest BCUT2D eigenvalue weighted by Crippen LogP contribution is 2.29. The highest BCUT2D eigenvalue weighted by molar-refractivity contribution is 14.1. The zero-order chi connectivity index (χ0) is 14.9. The molecule has 0 saturated carbocycles. The van der Waals surface area contributed by atoms with Gasteiger partial charge in [0.25, 0.3) is 5.91 Å². The van der Waals surface area contributed by atoms with E-state index in [0.29, 0.717) is 16.9 Å². The van der Waals surface area contributed by atoms with Crippen LogP contribution >= 0.6 is 54.5 Å². The van der Waals surface area contributed by atoms with Crippen LogP contribution in [0.15, 0.2) is 39.3 Å². The second-order valence-electron chi connectivity index (χ2n) is 4.27. The van der Waals surface area contributed by atoms with Crippen LogP contribution < -0.4 is 11.1 Å². The topological polar surface area (TPSA) is 55.1 Å². The summed E-state index contributed by atoms with van der Waals surface area (Å²) in [5.74, 6) is -0.187. The minimum atomic E-state index is -0.187. The molecule has 0 bridgehead atoms. The van der Waals surface area contributed by atoms with E-state index >= 15 is 0 Å². The van der Waals surface area contributed by atoms with Crippen molar-refractivity contribution in [1.29, 1.82) is 0 Å². The van der Waals surface area contributed by atoms with Crippen LogP contribution in [0.3, 0.4) is 0 Å². The van der Waals surface area contributed by atoms with Gasteiger partial charge in [0.1, 0.15) is 0 Å². The van der Waals surface area contributed by atoms with Crippen molar-refractivity contribution in [2.75, 3.05) is 11.1 Å². The number of aryl methyl sites for hydroxylation is 1. The standard InChI is InChI=1S/C14H11Br2IN2O/c1-7-4-8(15)5-12(18)13(7)19-14(20)10-6-9(17)2-3-11(10)16/h2-6H,18H2,1H3,(H,19,20). The van der Waals surface area contributed by atoms with Gasteiger partial charge in [0.05, 0.1) is 16.9 Å². The number of nitrogens with one attached hydrogen (secondary N) is 1. The summed E-state index contributed by atoms with van der Waals surface area (Å²) in [5.41, 5.74) is 8.63. The second kappa shape index (κ2) is 6.44. The molecule has 0 aromatic heterocycles. The molecule has 3 N–H and O–H groups in total. The third-order valence-corrected chi connectivity index (χ3v) is 4.56. The van der Waals surface area contributed by atoms with E-state index in [1.54, 1.807) is 6.07 Å². The lowest BCUT2D eigenvalue weighted by atomic mass is 10.1. The fraction of sp³-hybridized carbons (Fsp3) is 0.0714. The van der Waals surface area contributed by atoms with E-state index in [9.17, 15) is 4.79 Å². The van der Waals surface area contributed by atoms with Crippen molar-refractivity contribution >= 4 is 71.7 Å². The normalized spacial score (nSPS) is 10.4. The molecule has 20 heavy (non-hydrogen) atoms. The third kappa shape index (κ3) is 3.53. The van der Waals surface area contributed by atoms with E-state index in [0.717, 1.165) is 18.1 Å². The van der Waals surface area contributed by atoms with E-state index in [-0.39, 0.29) is 5.91 Å². The summed E-state index contributed by atoms with van der Waals surface area (Å²) < 4.78 is 2.64. The Morgan fingerprint density at radius 2 is 1.95 bits per heavy atom. The van der Waals surface area contributed by atoms with Gasteiger partial charge < -0.3 is 11.1 Å². The van der Waals surface area contributed by atoms with Gasteiger partial charge >= 0.3 is 0 Å². The molecule has 0 atom stereocenters. The largest absolute Gasteiger partial charge is 0.397 e. The number of carbonyl (C=O) groups is 1. The van der Waals surface area contributed by atoms with E-state index in [1.165, 1.54) is 0 Å². The van der Waals surface area contributed by atoms with Crippen LogP contribution in [0.2, 0.25) is 0 Å². The first-order valence-electron chi connectivity index (χ1n) is 5.70.